The molecular formula is C19H22Cl2N2. The molecule has 122 valence electrons. The van der Waals surface area contributed by atoms with Crippen molar-refractivity contribution in [1.82, 2.24) is 4.90 Å². The number of hydrogen-bond donors (Lipinski definition) is 1. The van der Waals surface area contributed by atoms with E-state index in [0.717, 1.165) is 36.6 Å². The molecule has 0 aliphatic carbocycles. The molecule has 2 aromatic carbocycles. The topological polar surface area (TPSA) is 29.3 Å². The molecular weight excluding hydrogens is 327 g/mol. The molecule has 0 aromatic heterocycles. The Labute approximate surface area is 148 Å². The first-order valence-electron chi connectivity index (χ1n) is 7.99. The predicted octanol–water partition coefficient (Wildman–Crippen LogP) is 4.62. The summed E-state index contributed by atoms with van der Waals surface area (Å²) in [5.41, 5.74) is 10.1. The van der Waals surface area contributed by atoms with Crippen molar-refractivity contribution in [1.29, 1.82) is 0 Å². The van der Waals surface area contributed by atoms with E-state index in [2.05, 4.69) is 36.1 Å². The molecule has 2 nitrogen and oxygen atoms in total. The number of halogens is 2. The first kappa shape index (κ1) is 16.8. The molecule has 0 amide bonds. The van der Waals surface area contributed by atoms with Crippen molar-refractivity contribution in [2.45, 2.75) is 31.8 Å². The fourth-order valence-electron chi connectivity index (χ4n) is 3.42. The van der Waals surface area contributed by atoms with Crippen molar-refractivity contribution < 1.29 is 0 Å². The SMILES string of the molecule is Cc1cccc(C2CC(N)CN(Cc3ccc(Cl)cc3Cl)C2)c1. The third-order valence-corrected chi connectivity index (χ3v) is 5.07. The lowest BCUT2D eigenvalue weighted by Crippen LogP contribution is -2.45. The molecule has 1 saturated heterocycles. The molecule has 2 aromatic rings. The second-order valence-electron chi connectivity index (χ2n) is 6.54. The zero-order valence-corrected chi connectivity index (χ0v) is 14.8. The van der Waals surface area contributed by atoms with Crippen molar-refractivity contribution in [3.05, 3.63) is 69.2 Å². The van der Waals surface area contributed by atoms with Gasteiger partial charge >= 0.3 is 0 Å². The van der Waals surface area contributed by atoms with Crippen molar-refractivity contribution in [3.63, 3.8) is 0 Å². The molecule has 3 rings (SSSR count). The molecule has 1 fully saturated rings. The van der Waals surface area contributed by atoms with Gasteiger partial charge in [-0.3, -0.25) is 4.90 Å². The van der Waals surface area contributed by atoms with Crippen LogP contribution in [0.4, 0.5) is 0 Å². The number of nitrogens with zero attached hydrogens (tertiary/aromatic N) is 1. The Hall–Kier alpha value is -1.06. The van der Waals surface area contributed by atoms with Crippen LogP contribution in [0, 0.1) is 6.92 Å². The van der Waals surface area contributed by atoms with Gasteiger partial charge in [-0.1, -0.05) is 59.1 Å². The van der Waals surface area contributed by atoms with Gasteiger partial charge in [0.05, 0.1) is 0 Å². The van der Waals surface area contributed by atoms with Crippen LogP contribution in [0.5, 0.6) is 0 Å². The zero-order valence-electron chi connectivity index (χ0n) is 13.3. The molecule has 0 bridgehead atoms. The maximum Gasteiger partial charge on any atom is 0.0465 e. The number of aryl methyl sites for hydroxylation is 1. The molecule has 23 heavy (non-hydrogen) atoms. The van der Waals surface area contributed by atoms with E-state index in [-0.39, 0.29) is 6.04 Å². The van der Waals surface area contributed by atoms with Crippen LogP contribution >= 0.6 is 23.2 Å². The van der Waals surface area contributed by atoms with Crippen LogP contribution < -0.4 is 5.73 Å². The maximum absolute atomic E-state index is 6.32. The van der Waals surface area contributed by atoms with Crippen molar-refractivity contribution in [2.75, 3.05) is 13.1 Å². The predicted molar refractivity (Wildman–Crippen MR) is 98.3 cm³/mol. The van der Waals surface area contributed by atoms with Gasteiger partial charge in [0.25, 0.3) is 0 Å². The Morgan fingerprint density at radius 1 is 1.13 bits per heavy atom. The lowest BCUT2D eigenvalue weighted by molar-refractivity contribution is 0.181. The highest BCUT2D eigenvalue weighted by Crippen LogP contribution is 2.29. The number of piperidine rings is 1. The second-order valence-corrected chi connectivity index (χ2v) is 7.38. The lowest BCUT2D eigenvalue weighted by Gasteiger charge is -2.37. The minimum Gasteiger partial charge on any atom is -0.327 e. The minimum absolute atomic E-state index is 0.195. The number of nitrogens with two attached hydrogens (primary N) is 1. The highest BCUT2D eigenvalue weighted by atomic mass is 35.5. The Bertz CT molecular complexity index is 687. The van der Waals surface area contributed by atoms with Crippen LogP contribution in [-0.2, 0) is 6.54 Å². The summed E-state index contributed by atoms with van der Waals surface area (Å²) >= 11 is 12.3. The van der Waals surface area contributed by atoms with E-state index in [9.17, 15) is 0 Å². The summed E-state index contributed by atoms with van der Waals surface area (Å²) in [6.45, 7) is 4.86. The standard InChI is InChI=1S/C19H22Cl2N2/c1-13-3-2-4-14(7-13)16-8-18(22)12-23(11-16)10-15-5-6-17(20)9-19(15)21/h2-7,9,16,18H,8,10-12,22H2,1H3. The van der Waals surface area contributed by atoms with Gasteiger partial charge in [0, 0.05) is 35.7 Å². The van der Waals surface area contributed by atoms with Crippen molar-refractivity contribution in [3.8, 4) is 0 Å². The van der Waals surface area contributed by atoms with Gasteiger partial charge in [0.15, 0.2) is 0 Å². The Morgan fingerprint density at radius 3 is 2.70 bits per heavy atom. The quantitative estimate of drug-likeness (QED) is 0.876. The van der Waals surface area contributed by atoms with E-state index in [1.165, 1.54) is 11.1 Å². The molecule has 0 radical (unpaired) electrons. The molecule has 2 unspecified atom stereocenters. The summed E-state index contributed by atoms with van der Waals surface area (Å²) in [5, 5.41) is 1.40. The minimum atomic E-state index is 0.195. The van der Waals surface area contributed by atoms with Gasteiger partial charge in [-0.25, -0.2) is 0 Å². The number of likely N-dealkylation sites (tertiary alicyclic amines) is 1. The summed E-state index contributed by atoms with van der Waals surface area (Å²) < 4.78 is 0. The van der Waals surface area contributed by atoms with Gasteiger partial charge in [-0.15, -0.1) is 0 Å². The summed E-state index contributed by atoms with van der Waals surface area (Å²) in [4.78, 5) is 2.40. The molecule has 2 atom stereocenters. The summed E-state index contributed by atoms with van der Waals surface area (Å²) in [7, 11) is 0. The number of rotatable bonds is 3. The van der Waals surface area contributed by atoms with Crippen LogP contribution in [0.1, 0.15) is 29.0 Å². The van der Waals surface area contributed by atoms with Crippen LogP contribution in [0.15, 0.2) is 42.5 Å². The summed E-state index contributed by atoms with van der Waals surface area (Å²) in [6, 6.07) is 14.7. The third kappa shape index (κ3) is 4.27. The molecule has 2 N–H and O–H groups in total. The van der Waals surface area contributed by atoms with Gasteiger partial charge in [0.1, 0.15) is 0 Å². The number of hydrogen-bond acceptors (Lipinski definition) is 2. The summed E-state index contributed by atoms with van der Waals surface area (Å²) in [5.74, 6) is 0.477. The Balaban J connectivity index is 1.75. The van der Waals surface area contributed by atoms with Crippen LogP contribution in [0.3, 0.4) is 0 Å². The largest absolute Gasteiger partial charge is 0.327 e. The zero-order chi connectivity index (χ0) is 16.4. The first-order valence-corrected chi connectivity index (χ1v) is 8.75. The smallest absolute Gasteiger partial charge is 0.0465 e. The molecule has 1 aliphatic heterocycles. The van der Waals surface area contributed by atoms with E-state index in [0.29, 0.717) is 10.9 Å². The molecule has 0 saturated carbocycles. The van der Waals surface area contributed by atoms with E-state index in [1.54, 1.807) is 6.07 Å². The van der Waals surface area contributed by atoms with E-state index in [4.69, 9.17) is 28.9 Å². The first-order chi connectivity index (χ1) is 11.0. The fraction of sp³-hybridized carbons (Fsp3) is 0.368. The highest BCUT2D eigenvalue weighted by Gasteiger charge is 2.26. The average molecular weight is 349 g/mol. The van der Waals surface area contributed by atoms with Gasteiger partial charge in [-0.2, -0.15) is 0 Å². The van der Waals surface area contributed by atoms with E-state index < -0.39 is 0 Å². The lowest BCUT2D eigenvalue weighted by atomic mass is 9.87. The van der Waals surface area contributed by atoms with Crippen LogP contribution in [0.25, 0.3) is 0 Å². The fourth-order valence-corrected chi connectivity index (χ4v) is 3.89. The van der Waals surface area contributed by atoms with Gasteiger partial charge in [0.2, 0.25) is 0 Å². The van der Waals surface area contributed by atoms with Crippen molar-refractivity contribution in [2.24, 2.45) is 5.73 Å². The van der Waals surface area contributed by atoms with Gasteiger partial charge in [-0.05, 0) is 42.5 Å². The second kappa shape index (κ2) is 7.23. The van der Waals surface area contributed by atoms with Gasteiger partial charge < -0.3 is 5.73 Å². The molecule has 4 heteroatoms. The highest BCUT2D eigenvalue weighted by molar-refractivity contribution is 6.35. The van der Waals surface area contributed by atoms with E-state index >= 15 is 0 Å². The average Bonchev–Trinajstić information content (AvgIpc) is 2.50. The molecule has 1 heterocycles. The molecule has 0 spiro atoms. The normalized spacial score (nSPS) is 22.3. The van der Waals surface area contributed by atoms with E-state index in [1.807, 2.05) is 12.1 Å². The van der Waals surface area contributed by atoms with Crippen LogP contribution in [-0.4, -0.2) is 24.0 Å². The van der Waals surface area contributed by atoms with Crippen LogP contribution in [0.2, 0.25) is 10.0 Å². The maximum atomic E-state index is 6.32. The van der Waals surface area contributed by atoms with Crippen molar-refractivity contribution >= 4 is 23.2 Å². The Morgan fingerprint density at radius 2 is 1.96 bits per heavy atom. The monoisotopic (exact) mass is 348 g/mol. The summed E-state index contributed by atoms with van der Waals surface area (Å²) in [6.07, 6.45) is 1.04. The Kier molecular flexibility index (Phi) is 5.27. The third-order valence-electron chi connectivity index (χ3n) is 4.48. The number of benzene rings is 2. The molecule has 1 aliphatic rings.